The van der Waals surface area contributed by atoms with E-state index in [4.69, 9.17) is 0 Å². The van der Waals surface area contributed by atoms with Crippen LogP contribution in [0.5, 0.6) is 0 Å². The van der Waals surface area contributed by atoms with Gasteiger partial charge < -0.3 is 5.32 Å². The molecule has 1 amide bonds. The van der Waals surface area contributed by atoms with Crippen molar-refractivity contribution in [2.45, 2.75) is 36.6 Å². The van der Waals surface area contributed by atoms with Crippen LogP contribution in [0, 0.1) is 5.92 Å². The second-order valence-electron chi connectivity index (χ2n) is 7.99. The van der Waals surface area contributed by atoms with Gasteiger partial charge in [0.25, 0.3) is 10.0 Å². The lowest BCUT2D eigenvalue weighted by Crippen LogP contribution is -2.36. The van der Waals surface area contributed by atoms with Crippen LogP contribution in [0.3, 0.4) is 0 Å². The van der Waals surface area contributed by atoms with Gasteiger partial charge >= 0.3 is 0 Å². The van der Waals surface area contributed by atoms with E-state index in [-0.39, 0.29) is 10.8 Å². The third-order valence-corrected chi connectivity index (χ3v) is 7.28. The minimum atomic E-state index is -3.71. The number of hydrogen-bond acceptors (Lipinski definition) is 4. The number of nitrogens with one attached hydrogen (secondary N) is 1. The monoisotopic (exact) mass is 413 g/mol. The molecule has 29 heavy (non-hydrogen) atoms. The van der Waals surface area contributed by atoms with E-state index in [1.807, 2.05) is 6.07 Å². The molecule has 0 saturated heterocycles. The summed E-state index contributed by atoms with van der Waals surface area (Å²) >= 11 is 0. The number of sulfonamides is 1. The predicted molar refractivity (Wildman–Crippen MR) is 114 cm³/mol. The Balaban J connectivity index is 1.44. The highest BCUT2D eigenvalue weighted by Gasteiger charge is 2.34. The van der Waals surface area contributed by atoms with Crippen molar-refractivity contribution in [3.8, 4) is 0 Å². The molecule has 0 radical (unpaired) electrons. The lowest BCUT2D eigenvalue weighted by atomic mass is 10.3. The van der Waals surface area contributed by atoms with Gasteiger partial charge in [0.1, 0.15) is 0 Å². The van der Waals surface area contributed by atoms with E-state index in [2.05, 4.69) is 10.2 Å². The van der Waals surface area contributed by atoms with Gasteiger partial charge in [-0.2, -0.15) is 0 Å². The summed E-state index contributed by atoms with van der Waals surface area (Å²) in [7, 11) is -2.18. The third kappa shape index (κ3) is 4.97. The van der Waals surface area contributed by atoms with E-state index in [0.717, 1.165) is 12.5 Å². The van der Waals surface area contributed by atoms with Crippen LogP contribution in [0.15, 0.2) is 59.5 Å². The molecule has 2 aromatic carbocycles. The van der Waals surface area contributed by atoms with E-state index >= 15 is 0 Å². The van der Waals surface area contributed by atoms with Gasteiger partial charge in [0.05, 0.1) is 17.1 Å². The van der Waals surface area contributed by atoms with Gasteiger partial charge in [-0.3, -0.25) is 14.0 Å². The van der Waals surface area contributed by atoms with Gasteiger partial charge in [-0.05, 0) is 61.9 Å². The highest BCUT2D eigenvalue weighted by molar-refractivity contribution is 7.92. The van der Waals surface area contributed by atoms with Crippen LogP contribution in [-0.4, -0.2) is 45.4 Å². The Bertz CT molecular complexity index is 970. The number of nitrogens with zero attached hydrogens (tertiary/aromatic N) is 2. The Hall–Kier alpha value is -2.38. The Morgan fingerprint density at radius 2 is 1.76 bits per heavy atom. The summed E-state index contributed by atoms with van der Waals surface area (Å²) in [5.74, 6) is 0.647. The van der Waals surface area contributed by atoms with Gasteiger partial charge in [0, 0.05) is 25.3 Å². The first-order valence-corrected chi connectivity index (χ1v) is 11.6. The third-order valence-electron chi connectivity index (χ3n) is 5.50. The Morgan fingerprint density at radius 3 is 2.41 bits per heavy atom. The molecule has 0 unspecified atom stereocenters. The van der Waals surface area contributed by atoms with Crippen LogP contribution < -0.4 is 9.62 Å². The van der Waals surface area contributed by atoms with E-state index in [9.17, 15) is 13.2 Å². The summed E-state index contributed by atoms with van der Waals surface area (Å²) in [4.78, 5) is 15.0. The minimum absolute atomic E-state index is 0.0940. The van der Waals surface area contributed by atoms with Crippen LogP contribution in [0.25, 0.3) is 0 Å². The molecule has 0 aliphatic heterocycles. The summed E-state index contributed by atoms with van der Waals surface area (Å²) in [5, 5.41) is 2.88. The quantitative estimate of drug-likeness (QED) is 0.685. The molecule has 2 saturated carbocycles. The molecule has 2 aliphatic carbocycles. The van der Waals surface area contributed by atoms with E-state index < -0.39 is 10.0 Å². The molecule has 0 heterocycles. The SMILES string of the molecule is CN(c1ccccc1)S(=O)(=O)c1cccc(NC(=O)CN(CC2CC2)C2CC2)c1. The molecule has 0 spiro atoms. The van der Waals surface area contributed by atoms with Crippen LogP contribution in [-0.2, 0) is 14.8 Å². The molecule has 154 valence electrons. The molecule has 0 bridgehead atoms. The van der Waals surface area contributed by atoms with E-state index in [0.29, 0.717) is 24.0 Å². The molecule has 4 rings (SSSR count). The minimum Gasteiger partial charge on any atom is -0.325 e. The topological polar surface area (TPSA) is 69.7 Å². The molecule has 0 aromatic heterocycles. The molecule has 6 nitrogen and oxygen atoms in total. The fraction of sp³-hybridized carbons (Fsp3) is 0.409. The second kappa shape index (κ2) is 8.16. The highest BCUT2D eigenvalue weighted by atomic mass is 32.2. The number of para-hydroxylation sites is 1. The fourth-order valence-electron chi connectivity index (χ4n) is 3.47. The molecular weight excluding hydrogens is 386 g/mol. The summed E-state index contributed by atoms with van der Waals surface area (Å²) in [5.41, 5.74) is 1.08. The zero-order valence-electron chi connectivity index (χ0n) is 16.6. The van der Waals surface area contributed by atoms with Crippen molar-refractivity contribution in [2.24, 2.45) is 5.92 Å². The standard InChI is InChI=1S/C22H27N3O3S/c1-24(19-7-3-2-4-8-19)29(27,28)21-9-5-6-18(14-21)23-22(26)16-25(20-12-13-20)15-17-10-11-17/h2-9,14,17,20H,10-13,15-16H2,1H3,(H,23,26). The van der Waals surface area contributed by atoms with Crippen LogP contribution in [0.4, 0.5) is 11.4 Å². The maximum absolute atomic E-state index is 13.0. The summed E-state index contributed by atoms with van der Waals surface area (Å²) in [6.45, 7) is 1.36. The molecule has 2 fully saturated rings. The van der Waals surface area contributed by atoms with Crippen molar-refractivity contribution in [3.63, 3.8) is 0 Å². The van der Waals surface area contributed by atoms with Crippen molar-refractivity contribution in [1.29, 1.82) is 0 Å². The second-order valence-corrected chi connectivity index (χ2v) is 9.96. The molecule has 7 heteroatoms. The van der Waals surface area contributed by atoms with Gasteiger partial charge in [0.2, 0.25) is 5.91 Å². The molecule has 2 aliphatic rings. The van der Waals surface area contributed by atoms with Crippen LogP contribution in [0.2, 0.25) is 0 Å². The van der Waals surface area contributed by atoms with Crippen molar-refractivity contribution in [1.82, 2.24) is 4.90 Å². The summed E-state index contributed by atoms with van der Waals surface area (Å²) < 4.78 is 27.2. The average Bonchev–Trinajstić information content (AvgIpc) is 3.62. The van der Waals surface area contributed by atoms with Gasteiger partial charge in [-0.15, -0.1) is 0 Å². The zero-order chi connectivity index (χ0) is 20.4. The van der Waals surface area contributed by atoms with Crippen molar-refractivity contribution < 1.29 is 13.2 Å². The largest absolute Gasteiger partial charge is 0.325 e. The summed E-state index contributed by atoms with van der Waals surface area (Å²) in [6.07, 6.45) is 4.86. The van der Waals surface area contributed by atoms with Gasteiger partial charge in [-0.25, -0.2) is 8.42 Å². The van der Waals surface area contributed by atoms with Gasteiger partial charge in [-0.1, -0.05) is 24.3 Å². The first-order chi connectivity index (χ1) is 13.9. The molecule has 2 aromatic rings. The number of anilines is 2. The number of rotatable bonds is 9. The normalized spacial score (nSPS) is 16.6. The predicted octanol–water partition coefficient (Wildman–Crippen LogP) is 3.32. The molecule has 0 atom stereocenters. The molecule has 1 N–H and O–H groups in total. The number of carbonyl (C=O) groups is 1. The van der Waals surface area contributed by atoms with E-state index in [1.54, 1.807) is 42.5 Å². The van der Waals surface area contributed by atoms with Gasteiger partial charge in [0.15, 0.2) is 0 Å². The van der Waals surface area contributed by atoms with Crippen LogP contribution in [0.1, 0.15) is 25.7 Å². The Morgan fingerprint density at radius 1 is 1.03 bits per heavy atom. The number of amides is 1. The number of hydrogen-bond donors (Lipinski definition) is 1. The smallest absolute Gasteiger partial charge is 0.264 e. The summed E-state index contributed by atoms with van der Waals surface area (Å²) in [6, 6.07) is 15.9. The van der Waals surface area contributed by atoms with Crippen molar-refractivity contribution >= 4 is 27.3 Å². The Labute approximate surface area is 172 Å². The average molecular weight is 414 g/mol. The first kappa shape index (κ1) is 19.9. The zero-order valence-corrected chi connectivity index (χ0v) is 17.4. The maximum atomic E-state index is 13.0. The van der Waals surface area contributed by atoms with Crippen molar-refractivity contribution in [3.05, 3.63) is 54.6 Å². The fourth-order valence-corrected chi connectivity index (χ4v) is 4.71. The maximum Gasteiger partial charge on any atom is 0.264 e. The first-order valence-electron chi connectivity index (χ1n) is 10.1. The highest BCUT2D eigenvalue weighted by Crippen LogP contribution is 2.34. The van der Waals surface area contributed by atoms with Crippen LogP contribution >= 0.6 is 0 Å². The number of carbonyl (C=O) groups excluding carboxylic acids is 1. The lowest BCUT2D eigenvalue weighted by molar-refractivity contribution is -0.117. The Kier molecular flexibility index (Phi) is 5.61. The van der Waals surface area contributed by atoms with E-state index in [1.165, 1.54) is 43.1 Å². The van der Waals surface area contributed by atoms with Crippen molar-refractivity contribution in [2.75, 3.05) is 29.8 Å². The molecular formula is C22H27N3O3S. The lowest BCUT2D eigenvalue weighted by Gasteiger charge is -2.22. The number of benzene rings is 2.